The normalized spacial score (nSPS) is 13.8. The quantitative estimate of drug-likeness (QED) is 0.539. The summed E-state index contributed by atoms with van der Waals surface area (Å²) >= 11 is 0. The number of hydroxylamine groups is 1. The van der Waals surface area contributed by atoms with Gasteiger partial charge in [0.1, 0.15) is 0 Å². The predicted molar refractivity (Wildman–Crippen MR) is 102 cm³/mol. The number of benzene rings is 2. The molecule has 1 atom stereocenters. The molecular weight excluding hydrogens is 360 g/mol. The second-order valence-electron chi connectivity index (χ2n) is 6.42. The molecule has 28 heavy (non-hydrogen) atoms. The van der Waals surface area contributed by atoms with Gasteiger partial charge in [-0.25, -0.2) is 5.48 Å². The van der Waals surface area contributed by atoms with E-state index in [1.54, 1.807) is 28.6 Å². The maximum atomic E-state index is 12.9. The van der Waals surface area contributed by atoms with Crippen LogP contribution >= 0.6 is 0 Å². The molecule has 0 bridgehead atoms. The molecule has 2 aromatic carbocycles. The zero-order valence-electron chi connectivity index (χ0n) is 16.0. The van der Waals surface area contributed by atoms with E-state index in [-0.39, 0.29) is 12.3 Å². The van der Waals surface area contributed by atoms with Gasteiger partial charge in [-0.3, -0.25) is 14.8 Å². The molecule has 0 saturated carbocycles. The van der Waals surface area contributed by atoms with Gasteiger partial charge in [0.05, 0.1) is 25.7 Å². The lowest BCUT2D eigenvalue weighted by Crippen LogP contribution is -2.33. The van der Waals surface area contributed by atoms with Crippen molar-refractivity contribution in [3.05, 3.63) is 59.2 Å². The summed E-state index contributed by atoms with van der Waals surface area (Å²) in [5.41, 5.74) is 3.94. The summed E-state index contributed by atoms with van der Waals surface area (Å²) in [5.74, 6) is 0.452. The molecule has 148 valence electrons. The number of fused-ring (bicyclic) bond motifs is 1. The van der Waals surface area contributed by atoms with Crippen molar-refractivity contribution in [1.29, 1.82) is 0 Å². The van der Waals surface area contributed by atoms with Crippen LogP contribution in [-0.2, 0) is 11.3 Å². The fourth-order valence-corrected chi connectivity index (χ4v) is 3.43. The van der Waals surface area contributed by atoms with Crippen LogP contribution in [0.4, 0.5) is 0 Å². The third-order valence-electron chi connectivity index (χ3n) is 4.68. The highest BCUT2D eigenvalue weighted by atomic mass is 16.5. The summed E-state index contributed by atoms with van der Waals surface area (Å²) in [4.78, 5) is 26.5. The van der Waals surface area contributed by atoms with Gasteiger partial charge in [-0.2, -0.15) is 0 Å². The number of rotatable bonds is 8. The van der Waals surface area contributed by atoms with Crippen LogP contribution in [0.15, 0.2) is 42.5 Å². The van der Waals surface area contributed by atoms with Crippen molar-refractivity contribution in [1.82, 2.24) is 10.4 Å². The van der Waals surface area contributed by atoms with Crippen molar-refractivity contribution in [2.45, 2.75) is 32.9 Å². The number of hydrogen-bond acceptors (Lipinski definition) is 5. The Morgan fingerprint density at radius 2 is 1.86 bits per heavy atom. The van der Waals surface area contributed by atoms with E-state index in [2.05, 4.69) is 0 Å². The highest BCUT2D eigenvalue weighted by molar-refractivity contribution is 5.98. The first-order valence-corrected chi connectivity index (χ1v) is 9.30. The summed E-state index contributed by atoms with van der Waals surface area (Å²) < 4.78 is 11.3. The van der Waals surface area contributed by atoms with Gasteiger partial charge < -0.3 is 14.4 Å². The predicted octanol–water partition coefficient (Wildman–Crippen LogP) is 3.08. The van der Waals surface area contributed by atoms with Crippen LogP contribution in [0.1, 0.15) is 47.8 Å². The minimum atomic E-state index is -0.569. The molecule has 3 rings (SSSR count). The highest BCUT2D eigenvalue weighted by Crippen LogP contribution is 2.37. The molecule has 0 spiro atoms. The van der Waals surface area contributed by atoms with E-state index in [9.17, 15) is 9.59 Å². The number of nitrogens with one attached hydrogen (secondary N) is 1. The minimum Gasteiger partial charge on any atom is -0.490 e. The van der Waals surface area contributed by atoms with Crippen LogP contribution in [0, 0.1) is 0 Å². The second kappa shape index (κ2) is 8.75. The van der Waals surface area contributed by atoms with Crippen LogP contribution in [0.2, 0.25) is 0 Å². The van der Waals surface area contributed by atoms with Crippen LogP contribution in [0.3, 0.4) is 0 Å². The largest absolute Gasteiger partial charge is 0.490 e. The van der Waals surface area contributed by atoms with E-state index >= 15 is 0 Å². The lowest BCUT2D eigenvalue weighted by Gasteiger charge is -2.28. The molecule has 2 amide bonds. The van der Waals surface area contributed by atoms with Gasteiger partial charge in [-0.1, -0.05) is 24.3 Å². The molecule has 2 N–H and O–H groups in total. The van der Waals surface area contributed by atoms with Crippen LogP contribution in [0.25, 0.3) is 0 Å². The SMILES string of the molecule is CCOc1ccc(C(CC(=O)NO)N2Cc3ccccc3C2=O)cc1OCC. The van der Waals surface area contributed by atoms with Crippen LogP contribution < -0.4 is 15.0 Å². The molecule has 1 heterocycles. The van der Waals surface area contributed by atoms with Gasteiger partial charge >= 0.3 is 0 Å². The third kappa shape index (κ3) is 3.94. The van der Waals surface area contributed by atoms with Crippen LogP contribution in [0.5, 0.6) is 11.5 Å². The number of hydrogen-bond donors (Lipinski definition) is 2. The first-order chi connectivity index (χ1) is 13.6. The molecule has 1 unspecified atom stereocenters. The van der Waals surface area contributed by atoms with E-state index in [4.69, 9.17) is 14.7 Å². The number of nitrogens with zero attached hydrogens (tertiary/aromatic N) is 1. The fourth-order valence-electron chi connectivity index (χ4n) is 3.43. The maximum Gasteiger partial charge on any atom is 0.255 e. The molecule has 1 aliphatic heterocycles. The molecular formula is C21H24N2O5. The van der Waals surface area contributed by atoms with Gasteiger partial charge in [-0.05, 0) is 43.2 Å². The van der Waals surface area contributed by atoms with Crippen molar-refractivity contribution < 1.29 is 24.3 Å². The minimum absolute atomic E-state index is 0.0736. The van der Waals surface area contributed by atoms with Gasteiger partial charge in [0, 0.05) is 12.1 Å². The first-order valence-electron chi connectivity index (χ1n) is 9.30. The summed E-state index contributed by atoms with van der Waals surface area (Å²) in [5, 5.41) is 9.02. The summed E-state index contributed by atoms with van der Waals surface area (Å²) in [6, 6.07) is 12.2. The summed E-state index contributed by atoms with van der Waals surface area (Å²) in [6.45, 7) is 5.11. The van der Waals surface area contributed by atoms with E-state index in [1.165, 1.54) is 0 Å². The van der Waals surface area contributed by atoms with E-state index in [0.717, 1.165) is 11.1 Å². The number of carbonyl (C=O) groups excluding carboxylic acids is 2. The number of ether oxygens (including phenoxy) is 2. The molecule has 0 fully saturated rings. The van der Waals surface area contributed by atoms with Crippen molar-refractivity contribution in [3.8, 4) is 11.5 Å². The highest BCUT2D eigenvalue weighted by Gasteiger charge is 2.34. The van der Waals surface area contributed by atoms with Gasteiger partial charge in [-0.15, -0.1) is 0 Å². The Labute approximate surface area is 163 Å². The standard InChI is InChI=1S/C21H24N2O5/c1-3-27-18-10-9-14(11-19(18)28-4-2)17(12-20(24)22-26)23-13-15-7-5-6-8-16(15)21(23)25/h5-11,17,26H,3-4,12-13H2,1-2H3,(H,22,24). The number of amides is 2. The lowest BCUT2D eigenvalue weighted by atomic mass is 10.0. The Kier molecular flexibility index (Phi) is 6.16. The second-order valence-corrected chi connectivity index (χ2v) is 6.42. The molecule has 0 aliphatic carbocycles. The average Bonchev–Trinajstić information content (AvgIpc) is 3.04. The Morgan fingerprint density at radius 3 is 2.54 bits per heavy atom. The van der Waals surface area contributed by atoms with E-state index < -0.39 is 11.9 Å². The Hall–Kier alpha value is -3.06. The molecule has 0 saturated heterocycles. The van der Waals surface area contributed by atoms with Gasteiger partial charge in [0.2, 0.25) is 5.91 Å². The Morgan fingerprint density at radius 1 is 1.14 bits per heavy atom. The summed E-state index contributed by atoms with van der Waals surface area (Å²) in [7, 11) is 0. The van der Waals surface area contributed by atoms with Gasteiger partial charge in [0.25, 0.3) is 5.91 Å². The van der Waals surface area contributed by atoms with Crippen LogP contribution in [-0.4, -0.2) is 35.1 Å². The molecule has 0 radical (unpaired) electrons. The van der Waals surface area contributed by atoms with Gasteiger partial charge in [0.15, 0.2) is 11.5 Å². The third-order valence-corrected chi connectivity index (χ3v) is 4.68. The van der Waals surface area contributed by atoms with E-state index in [1.807, 2.05) is 38.1 Å². The van der Waals surface area contributed by atoms with Crippen molar-refractivity contribution in [2.75, 3.05) is 13.2 Å². The smallest absolute Gasteiger partial charge is 0.255 e. The topological polar surface area (TPSA) is 88.1 Å². The Bertz CT molecular complexity index is 868. The number of carbonyl (C=O) groups is 2. The maximum absolute atomic E-state index is 12.9. The lowest BCUT2D eigenvalue weighted by molar-refractivity contribution is -0.130. The molecule has 7 heteroatoms. The molecule has 1 aliphatic rings. The average molecular weight is 384 g/mol. The molecule has 7 nitrogen and oxygen atoms in total. The fraction of sp³-hybridized carbons (Fsp3) is 0.333. The van der Waals surface area contributed by atoms with Crippen molar-refractivity contribution in [3.63, 3.8) is 0 Å². The summed E-state index contributed by atoms with van der Waals surface area (Å²) in [6.07, 6.45) is -0.0736. The first kappa shape index (κ1) is 19.7. The Balaban J connectivity index is 1.98. The van der Waals surface area contributed by atoms with Crippen molar-refractivity contribution >= 4 is 11.8 Å². The monoisotopic (exact) mass is 384 g/mol. The molecule has 2 aromatic rings. The van der Waals surface area contributed by atoms with E-state index in [0.29, 0.717) is 36.8 Å². The van der Waals surface area contributed by atoms with Crippen molar-refractivity contribution in [2.24, 2.45) is 0 Å². The molecule has 0 aromatic heterocycles. The zero-order chi connectivity index (χ0) is 20.1. The zero-order valence-corrected chi connectivity index (χ0v) is 16.0.